The summed E-state index contributed by atoms with van der Waals surface area (Å²) in [4.78, 5) is 23.4. The van der Waals surface area contributed by atoms with Crippen molar-refractivity contribution in [3.8, 4) is 6.19 Å². The molecule has 0 saturated heterocycles. The third-order valence-electron chi connectivity index (χ3n) is 2.05. The van der Waals surface area contributed by atoms with Crippen LogP contribution in [0.15, 0.2) is 24.3 Å². The van der Waals surface area contributed by atoms with E-state index in [0.29, 0.717) is 17.9 Å². The van der Waals surface area contributed by atoms with Crippen LogP contribution in [0.25, 0.3) is 0 Å². The molecule has 1 aromatic rings. The molecule has 0 aromatic heterocycles. The zero-order chi connectivity index (χ0) is 12.8. The molecule has 0 heterocycles. The van der Waals surface area contributed by atoms with Crippen molar-refractivity contribution in [3.05, 3.63) is 29.8 Å². The van der Waals surface area contributed by atoms with Crippen LogP contribution in [0.3, 0.4) is 0 Å². The van der Waals surface area contributed by atoms with Gasteiger partial charge < -0.3 is 4.74 Å². The van der Waals surface area contributed by atoms with Gasteiger partial charge in [-0.25, -0.2) is 9.69 Å². The lowest BCUT2D eigenvalue weighted by Gasteiger charge is -2.11. The number of amides is 1. The van der Waals surface area contributed by atoms with Crippen molar-refractivity contribution in [2.24, 2.45) is 0 Å². The highest BCUT2D eigenvalue weighted by Gasteiger charge is 2.12. The minimum absolute atomic E-state index is 0.304. The van der Waals surface area contributed by atoms with Gasteiger partial charge in [0.2, 0.25) is 5.91 Å². The standard InChI is InChI=1S/C12H12N2O3/c1-3-17-12(16)10-4-6-11(7-5-10)14(8-13)9(2)15/h4-7H,3H2,1-2H3. The van der Waals surface area contributed by atoms with Crippen molar-refractivity contribution in [3.63, 3.8) is 0 Å². The maximum atomic E-state index is 11.4. The van der Waals surface area contributed by atoms with E-state index in [4.69, 9.17) is 10.00 Å². The quantitative estimate of drug-likeness (QED) is 0.451. The Morgan fingerprint density at radius 1 is 1.35 bits per heavy atom. The van der Waals surface area contributed by atoms with E-state index in [1.54, 1.807) is 13.1 Å². The topological polar surface area (TPSA) is 70.4 Å². The Morgan fingerprint density at radius 2 is 1.94 bits per heavy atom. The van der Waals surface area contributed by atoms with Crippen molar-refractivity contribution < 1.29 is 14.3 Å². The van der Waals surface area contributed by atoms with Crippen LogP contribution in [0, 0.1) is 11.5 Å². The van der Waals surface area contributed by atoms with Gasteiger partial charge in [0.1, 0.15) is 0 Å². The molecule has 0 aliphatic rings. The van der Waals surface area contributed by atoms with Gasteiger partial charge in [0.15, 0.2) is 6.19 Å². The van der Waals surface area contributed by atoms with Gasteiger partial charge in [0, 0.05) is 6.92 Å². The second-order valence-electron chi connectivity index (χ2n) is 3.22. The number of nitriles is 1. The average Bonchev–Trinajstić information content (AvgIpc) is 2.30. The Kier molecular flexibility index (Phi) is 4.23. The van der Waals surface area contributed by atoms with Gasteiger partial charge in [-0.05, 0) is 31.2 Å². The first-order chi connectivity index (χ1) is 8.10. The van der Waals surface area contributed by atoms with Gasteiger partial charge in [-0.3, -0.25) is 4.79 Å². The molecular weight excluding hydrogens is 220 g/mol. The van der Waals surface area contributed by atoms with Crippen LogP contribution >= 0.6 is 0 Å². The first-order valence-electron chi connectivity index (χ1n) is 5.07. The van der Waals surface area contributed by atoms with Crippen LogP contribution in [0.5, 0.6) is 0 Å². The maximum Gasteiger partial charge on any atom is 0.338 e. The van der Waals surface area contributed by atoms with Gasteiger partial charge >= 0.3 is 5.97 Å². The lowest BCUT2D eigenvalue weighted by molar-refractivity contribution is -0.115. The summed E-state index contributed by atoms with van der Waals surface area (Å²) in [7, 11) is 0. The second-order valence-corrected chi connectivity index (χ2v) is 3.22. The van der Waals surface area contributed by atoms with Gasteiger partial charge in [-0.1, -0.05) is 0 Å². The molecule has 0 spiro atoms. The maximum absolute atomic E-state index is 11.4. The zero-order valence-electron chi connectivity index (χ0n) is 9.64. The van der Waals surface area contributed by atoms with Crippen LogP contribution in [-0.2, 0) is 9.53 Å². The zero-order valence-corrected chi connectivity index (χ0v) is 9.64. The van der Waals surface area contributed by atoms with Crippen LogP contribution in [-0.4, -0.2) is 18.5 Å². The van der Waals surface area contributed by atoms with Crippen LogP contribution in [0.4, 0.5) is 5.69 Å². The highest BCUT2D eigenvalue weighted by molar-refractivity contribution is 5.95. The summed E-state index contributed by atoms with van der Waals surface area (Å²) < 4.78 is 4.82. The molecule has 0 N–H and O–H groups in total. The van der Waals surface area contributed by atoms with Gasteiger partial charge in [-0.2, -0.15) is 5.26 Å². The molecule has 0 saturated carbocycles. The second kappa shape index (κ2) is 5.66. The number of hydrogen-bond donors (Lipinski definition) is 0. The molecule has 0 bridgehead atoms. The Morgan fingerprint density at radius 3 is 2.35 bits per heavy atom. The molecule has 1 amide bonds. The van der Waals surface area contributed by atoms with E-state index < -0.39 is 5.97 Å². The van der Waals surface area contributed by atoms with E-state index in [9.17, 15) is 9.59 Å². The molecule has 0 unspecified atom stereocenters. The number of rotatable bonds is 3. The number of esters is 1. The fourth-order valence-electron chi connectivity index (χ4n) is 1.27. The molecule has 1 aromatic carbocycles. The molecule has 5 nitrogen and oxygen atoms in total. The summed E-state index contributed by atoms with van der Waals surface area (Å²) in [6, 6.07) is 6.08. The highest BCUT2D eigenvalue weighted by Crippen LogP contribution is 2.15. The minimum Gasteiger partial charge on any atom is -0.462 e. The first kappa shape index (κ1) is 12.7. The fourth-order valence-corrected chi connectivity index (χ4v) is 1.27. The average molecular weight is 232 g/mol. The van der Waals surface area contributed by atoms with Gasteiger partial charge in [0.25, 0.3) is 0 Å². The fraction of sp³-hybridized carbons (Fsp3) is 0.250. The predicted octanol–water partition coefficient (Wildman–Crippen LogP) is 1.70. The van der Waals surface area contributed by atoms with Crippen LogP contribution in [0.2, 0.25) is 0 Å². The van der Waals surface area contributed by atoms with Crippen molar-refractivity contribution in [2.75, 3.05) is 11.5 Å². The summed E-state index contributed by atoms with van der Waals surface area (Å²) in [5.41, 5.74) is 0.810. The Labute approximate surface area is 99.2 Å². The smallest absolute Gasteiger partial charge is 0.338 e. The molecule has 17 heavy (non-hydrogen) atoms. The minimum atomic E-state index is -0.426. The summed E-state index contributed by atoms with van der Waals surface area (Å²) in [5.74, 6) is -0.804. The summed E-state index contributed by atoms with van der Waals surface area (Å²) in [6.07, 6.45) is 1.76. The predicted molar refractivity (Wildman–Crippen MR) is 61.2 cm³/mol. The molecule has 0 aliphatic heterocycles. The van der Waals surface area contributed by atoms with Crippen molar-refractivity contribution in [1.82, 2.24) is 0 Å². The monoisotopic (exact) mass is 232 g/mol. The van der Waals surface area contributed by atoms with Gasteiger partial charge in [-0.15, -0.1) is 0 Å². The number of carbonyl (C=O) groups is 2. The molecule has 0 radical (unpaired) electrons. The summed E-state index contributed by atoms with van der Waals surface area (Å²) in [6.45, 7) is 3.32. The Bertz CT molecular complexity index is 460. The third kappa shape index (κ3) is 3.05. The van der Waals surface area contributed by atoms with E-state index in [0.717, 1.165) is 4.90 Å². The third-order valence-corrected chi connectivity index (χ3v) is 2.05. The SMILES string of the molecule is CCOC(=O)c1ccc(N(C#N)C(C)=O)cc1. The molecule has 5 heteroatoms. The summed E-state index contributed by atoms with van der Waals surface area (Å²) >= 11 is 0. The molecular formula is C12H12N2O3. The number of anilines is 1. The Balaban J connectivity index is 2.92. The normalized spacial score (nSPS) is 9.24. The van der Waals surface area contributed by atoms with E-state index in [2.05, 4.69) is 0 Å². The largest absolute Gasteiger partial charge is 0.462 e. The van der Waals surface area contributed by atoms with E-state index >= 15 is 0 Å². The van der Waals surface area contributed by atoms with E-state index in [-0.39, 0.29) is 5.91 Å². The molecule has 0 fully saturated rings. The first-order valence-corrected chi connectivity index (χ1v) is 5.07. The van der Waals surface area contributed by atoms with Crippen molar-refractivity contribution in [1.29, 1.82) is 5.26 Å². The number of benzene rings is 1. The van der Waals surface area contributed by atoms with Crippen LogP contribution in [0.1, 0.15) is 24.2 Å². The van der Waals surface area contributed by atoms with Crippen molar-refractivity contribution >= 4 is 17.6 Å². The number of hydrogen-bond acceptors (Lipinski definition) is 4. The summed E-state index contributed by atoms with van der Waals surface area (Å²) in [5, 5.41) is 8.78. The lowest BCUT2D eigenvalue weighted by Crippen LogP contribution is -2.22. The van der Waals surface area contributed by atoms with Crippen molar-refractivity contribution in [2.45, 2.75) is 13.8 Å². The van der Waals surface area contributed by atoms with E-state index in [1.165, 1.54) is 31.2 Å². The highest BCUT2D eigenvalue weighted by atomic mass is 16.5. The molecule has 1 rings (SSSR count). The van der Waals surface area contributed by atoms with Gasteiger partial charge in [0.05, 0.1) is 17.9 Å². The van der Waals surface area contributed by atoms with Crippen LogP contribution < -0.4 is 4.90 Å². The molecule has 0 atom stereocenters. The molecule has 0 aliphatic carbocycles. The number of ether oxygens (including phenoxy) is 1. The number of carbonyl (C=O) groups excluding carboxylic acids is 2. The number of nitrogens with zero attached hydrogens (tertiary/aromatic N) is 2. The molecule has 88 valence electrons. The Hall–Kier alpha value is -2.35. The lowest BCUT2D eigenvalue weighted by atomic mass is 10.2. The van der Waals surface area contributed by atoms with E-state index in [1.807, 2.05) is 0 Å².